The zero-order chi connectivity index (χ0) is 15.5. The number of carbonyl (C=O) groups is 2. The minimum Gasteiger partial charge on any atom is -0.343 e. The molecule has 1 N–H and O–H groups in total. The summed E-state index contributed by atoms with van der Waals surface area (Å²) in [5.41, 5.74) is 0.460. The molecule has 0 saturated carbocycles. The van der Waals surface area contributed by atoms with Crippen LogP contribution in [0.5, 0.6) is 0 Å². The van der Waals surface area contributed by atoms with E-state index in [1.807, 2.05) is 0 Å². The molecule has 1 amide bonds. The van der Waals surface area contributed by atoms with Gasteiger partial charge in [0.15, 0.2) is 5.78 Å². The molecule has 1 heterocycles. The third-order valence-corrected chi connectivity index (χ3v) is 4.89. The lowest BCUT2D eigenvalue weighted by molar-refractivity contribution is -0.134. The van der Waals surface area contributed by atoms with Gasteiger partial charge in [-0.15, -0.1) is 0 Å². The fourth-order valence-electron chi connectivity index (χ4n) is 1.97. The van der Waals surface area contributed by atoms with Crippen molar-refractivity contribution >= 4 is 21.7 Å². The van der Waals surface area contributed by atoms with Gasteiger partial charge in [-0.2, -0.15) is 0 Å². The highest BCUT2D eigenvalue weighted by Crippen LogP contribution is 2.11. The summed E-state index contributed by atoms with van der Waals surface area (Å²) >= 11 is 0. The maximum absolute atomic E-state index is 12.0. The largest absolute Gasteiger partial charge is 0.343 e. The molecule has 1 fully saturated rings. The molecule has 0 aliphatic carbocycles. The van der Waals surface area contributed by atoms with Crippen molar-refractivity contribution in [1.29, 1.82) is 0 Å². The molecule has 0 spiro atoms. The van der Waals surface area contributed by atoms with E-state index in [4.69, 9.17) is 0 Å². The van der Waals surface area contributed by atoms with Crippen molar-refractivity contribution in [3.8, 4) is 0 Å². The number of rotatable bonds is 6. The standard InChI is InChI=1S/C14H18N2O4S/c1-11(17)12-3-5-13(6-4-12)21(19,20)15-8-7-14(18)16-9-2-10-16/h3-6,15H,2,7-10H2,1H3. The van der Waals surface area contributed by atoms with Crippen molar-refractivity contribution in [1.82, 2.24) is 9.62 Å². The Balaban J connectivity index is 1.91. The van der Waals surface area contributed by atoms with E-state index in [0.29, 0.717) is 5.56 Å². The Bertz CT molecular complexity index is 633. The molecule has 2 rings (SSSR count). The van der Waals surface area contributed by atoms with Gasteiger partial charge in [-0.1, -0.05) is 12.1 Å². The van der Waals surface area contributed by atoms with Crippen molar-refractivity contribution in [3.05, 3.63) is 29.8 Å². The summed E-state index contributed by atoms with van der Waals surface area (Å²) in [6.07, 6.45) is 1.17. The molecule has 1 aliphatic heterocycles. The number of nitrogens with zero attached hydrogens (tertiary/aromatic N) is 1. The Morgan fingerprint density at radius 2 is 1.81 bits per heavy atom. The van der Waals surface area contributed by atoms with Crippen LogP contribution in [0.1, 0.15) is 30.1 Å². The van der Waals surface area contributed by atoms with Crippen molar-refractivity contribution < 1.29 is 18.0 Å². The van der Waals surface area contributed by atoms with Gasteiger partial charge in [0, 0.05) is 31.6 Å². The smallest absolute Gasteiger partial charge is 0.240 e. The first-order valence-electron chi connectivity index (χ1n) is 6.78. The summed E-state index contributed by atoms with van der Waals surface area (Å²) in [7, 11) is -3.64. The average Bonchev–Trinajstić information content (AvgIpc) is 2.36. The van der Waals surface area contributed by atoms with Gasteiger partial charge < -0.3 is 4.90 Å². The van der Waals surface area contributed by atoms with Crippen LogP contribution in [0.4, 0.5) is 0 Å². The molecular formula is C14H18N2O4S. The first-order chi connectivity index (χ1) is 9.90. The molecule has 0 radical (unpaired) electrons. The molecule has 114 valence electrons. The molecule has 1 aromatic rings. The summed E-state index contributed by atoms with van der Waals surface area (Å²) in [4.78, 5) is 24.6. The van der Waals surface area contributed by atoms with Gasteiger partial charge in [0.05, 0.1) is 4.90 Å². The van der Waals surface area contributed by atoms with E-state index in [2.05, 4.69) is 4.72 Å². The molecule has 0 bridgehead atoms. The Hall–Kier alpha value is -1.73. The van der Waals surface area contributed by atoms with Gasteiger partial charge in [0.1, 0.15) is 0 Å². The number of carbonyl (C=O) groups excluding carboxylic acids is 2. The van der Waals surface area contributed by atoms with Crippen molar-refractivity contribution in [2.45, 2.75) is 24.7 Å². The van der Waals surface area contributed by atoms with E-state index in [-0.39, 0.29) is 29.6 Å². The SMILES string of the molecule is CC(=O)c1ccc(S(=O)(=O)NCCC(=O)N2CCC2)cc1. The number of likely N-dealkylation sites (tertiary alicyclic amines) is 1. The van der Waals surface area contributed by atoms with Crippen LogP contribution in [0.3, 0.4) is 0 Å². The van der Waals surface area contributed by atoms with E-state index in [1.165, 1.54) is 31.2 Å². The highest BCUT2D eigenvalue weighted by atomic mass is 32.2. The van der Waals surface area contributed by atoms with Crippen LogP contribution in [0.2, 0.25) is 0 Å². The summed E-state index contributed by atoms with van der Waals surface area (Å²) in [5, 5.41) is 0. The Morgan fingerprint density at radius 1 is 1.19 bits per heavy atom. The molecular weight excluding hydrogens is 292 g/mol. The predicted molar refractivity (Wildman–Crippen MR) is 77.4 cm³/mol. The van der Waals surface area contributed by atoms with Crippen molar-refractivity contribution in [2.24, 2.45) is 0 Å². The molecule has 0 atom stereocenters. The monoisotopic (exact) mass is 310 g/mol. The molecule has 0 aromatic heterocycles. The minimum atomic E-state index is -3.64. The van der Waals surface area contributed by atoms with E-state index in [0.717, 1.165) is 19.5 Å². The molecule has 21 heavy (non-hydrogen) atoms. The van der Waals surface area contributed by atoms with Crippen LogP contribution in [0.15, 0.2) is 29.2 Å². The first kappa shape index (κ1) is 15.7. The quantitative estimate of drug-likeness (QED) is 0.787. The summed E-state index contributed by atoms with van der Waals surface area (Å²) in [5.74, 6) is -0.150. The third kappa shape index (κ3) is 3.89. The fourth-order valence-corrected chi connectivity index (χ4v) is 3.00. The Kier molecular flexibility index (Phi) is 4.74. The van der Waals surface area contributed by atoms with E-state index in [1.54, 1.807) is 4.90 Å². The van der Waals surface area contributed by atoms with Crippen LogP contribution in [-0.2, 0) is 14.8 Å². The summed E-state index contributed by atoms with van der Waals surface area (Å²) in [6, 6.07) is 5.72. The fraction of sp³-hybridized carbons (Fsp3) is 0.429. The average molecular weight is 310 g/mol. The number of amides is 1. The van der Waals surface area contributed by atoms with Gasteiger partial charge in [0.2, 0.25) is 15.9 Å². The van der Waals surface area contributed by atoms with E-state index < -0.39 is 10.0 Å². The highest BCUT2D eigenvalue weighted by molar-refractivity contribution is 7.89. The van der Waals surface area contributed by atoms with Gasteiger partial charge in [0.25, 0.3) is 0 Å². The zero-order valence-corrected chi connectivity index (χ0v) is 12.6. The first-order valence-corrected chi connectivity index (χ1v) is 8.27. The summed E-state index contributed by atoms with van der Waals surface area (Å²) in [6.45, 7) is 3.02. The molecule has 1 saturated heterocycles. The lowest BCUT2D eigenvalue weighted by atomic mass is 10.2. The lowest BCUT2D eigenvalue weighted by Gasteiger charge is -2.30. The van der Waals surface area contributed by atoms with Crippen LogP contribution in [0, 0.1) is 0 Å². The van der Waals surface area contributed by atoms with Crippen LogP contribution >= 0.6 is 0 Å². The van der Waals surface area contributed by atoms with E-state index in [9.17, 15) is 18.0 Å². The molecule has 6 nitrogen and oxygen atoms in total. The van der Waals surface area contributed by atoms with Gasteiger partial charge in [-0.05, 0) is 25.5 Å². The Morgan fingerprint density at radius 3 is 2.29 bits per heavy atom. The summed E-state index contributed by atoms with van der Waals surface area (Å²) < 4.78 is 26.5. The van der Waals surface area contributed by atoms with Crippen molar-refractivity contribution in [2.75, 3.05) is 19.6 Å². The number of nitrogens with one attached hydrogen (secondary N) is 1. The van der Waals surface area contributed by atoms with Gasteiger partial charge >= 0.3 is 0 Å². The maximum atomic E-state index is 12.0. The van der Waals surface area contributed by atoms with Crippen LogP contribution in [-0.4, -0.2) is 44.6 Å². The second kappa shape index (κ2) is 6.36. The van der Waals surface area contributed by atoms with Crippen molar-refractivity contribution in [3.63, 3.8) is 0 Å². The topological polar surface area (TPSA) is 83.5 Å². The predicted octanol–water partition coefficient (Wildman–Crippen LogP) is 0.790. The molecule has 1 aliphatic rings. The van der Waals surface area contributed by atoms with Gasteiger partial charge in [-0.25, -0.2) is 13.1 Å². The van der Waals surface area contributed by atoms with Crippen LogP contribution < -0.4 is 4.72 Å². The minimum absolute atomic E-state index is 0.0316. The second-order valence-corrected chi connectivity index (χ2v) is 6.73. The maximum Gasteiger partial charge on any atom is 0.240 e. The van der Waals surface area contributed by atoms with Crippen LogP contribution in [0.25, 0.3) is 0 Å². The number of benzene rings is 1. The number of sulfonamides is 1. The molecule has 7 heteroatoms. The van der Waals surface area contributed by atoms with E-state index >= 15 is 0 Å². The second-order valence-electron chi connectivity index (χ2n) is 4.96. The number of hydrogen-bond donors (Lipinski definition) is 1. The molecule has 0 unspecified atom stereocenters. The normalized spacial score (nSPS) is 14.6. The zero-order valence-electron chi connectivity index (χ0n) is 11.8. The lowest BCUT2D eigenvalue weighted by Crippen LogP contribution is -2.43. The number of ketones is 1. The highest BCUT2D eigenvalue weighted by Gasteiger charge is 2.20. The number of hydrogen-bond acceptors (Lipinski definition) is 4. The van der Waals surface area contributed by atoms with Gasteiger partial charge in [-0.3, -0.25) is 9.59 Å². The Labute approximate surface area is 124 Å². The molecule has 1 aromatic carbocycles. The number of Topliss-reactive ketones (excluding diaryl/α,β-unsaturated/α-hetero) is 1. The third-order valence-electron chi connectivity index (χ3n) is 3.41.